The second-order valence-corrected chi connectivity index (χ2v) is 7.87. The van der Waals surface area contributed by atoms with Gasteiger partial charge in [0, 0.05) is 31.0 Å². The molecular formula is C22H30N2O2. The molecule has 2 fully saturated rings. The second-order valence-electron chi connectivity index (χ2n) is 7.87. The van der Waals surface area contributed by atoms with E-state index in [2.05, 4.69) is 60.6 Å². The summed E-state index contributed by atoms with van der Waals surface area (Å²) in [6, 6.07) is 12.0. The van der Waals surface area contributed by atoms with Gasteiger partial charge in [0.15, 0.2) is 0 Å². The van der Waals surface area contributed by atoms with E-state index in [0.717, 1.165) is 46.1 Å². The molecule has 0 saturated carbocycles. The third kappa shape index (κ3) is 3.46. The molecule has 4 rings (SSSR count). The van der Waals surface area contributed by atoms with Crippen molar-refractivity contribution in [2.75, 3.05) is 39.5 Å². The average molecular weight is 354 g/mol. The molecule has 140 valence electrons. The molecule has 2 aliphatic heterocycles. The standard InChI is InChI=1S/C22H30N2O2/c1-16(2)18-4-6-19(7-5-18)22-12-20(13-23-8-10-25-11-9-23)17(3)24(22)21-14-26-15-21/h4-7,12,16,21H,8-11,13-15H2,1-3H3. The molecule has 0 radical (unpaired) electrons. The van der Waals surface area contributed by atoms with Crippen LogP contribution in [0.3, 0.4) is 0 Å². The van der Waals surface area contributed by atoms with Gasteiger partial charge in [-0.25, -0.2) is 0 Å². The normalized spacial score (nSPS) is 19.1. The highest BCUT2D eigenvalue weighted by Crippen LogP contribution is 2.33. The lowest BCUT2D eigenvalue weighted by atomic mass is 10.0. The summed E-state index contributed by atoms with van der Waals surface area (Å²) >= 11 is 0. The Labute approximate surface area is 156 Å². The zero-order valence-corrected chi connectivity index (χ0v) is 16.2. The van der Waals surface area contributed by atoms with Crippen LogP contribution in [0.4, 0.5) is 0 Å². The Bertz CT molecular complexity index is 738. The van der Waals surface area contributed by atoms with E-state index in [4.69, 9.17) is 9.47 Å². The lowest BCUT2D eigenvalue weighted by Crippen LogP contribution is -2.36. The monoisotopic (exact) mass is 354 g/mol. The second kappa shape index (κ2) is 7.55. The summed E-state index contributed by atoms with van der Waals surface area (Å²) in [6.45, 7) is 13.1. The van der Waals surface area contributed by atoms with Gasteiger partial charge in [-0.2, -0.15) is 0 Å². The van der Waals surface area contributed by atoms with Crippen molar-refractivity contribution in [3.05, 3.63) is 47.2 Å². The van der Waals surface area contributed by atoms with Crippen molar-refractivity contribution in [2.24, 2.45) is 0 Å². The van der Waals surface area contributed by atoms with E-state index < -0.39 is 0 Å². The van der Waals surface area contributed by atoms with Crippen molar-refractivity contribution in [2.45, 2.75) is 39.3 Å². The molecule has 2 aliphatic rings. The Hall–Kier alpha value is -1.62. The molecule has 2 aromatic rings. The topological polar surface area (TPSA) is 26.6 Å². The molecule has 0 aliphatic carbocycles. The fraction of sp³-hybridized carbons (Fsp3) is 0.545. The van der Waals surface area contributed by atoms with Gasteiger partial charge in [-0.15, -0.1) is 0 Å². The van der Waals surface area contributed by atoms with Crippen molar-refractivity contribution in [1.29, 1.82) is 0 Å². The summed E-state index contributed by atoms with van der Waals surface area (Å²) in [6.07, 6.45) is 0. The van der Waals surface area contributed by atoms with E-state index in [1.54, 1.807) is 0 Å². The van der Waals surface area contributed by atoms with E-state index in [1.807, 2.05) is 0 Å². The number of morpholine rings is 1. The Morgan fingerprint density at radius 2 is 1.73 bits per heavy atom. The highest BCUT2D eigenvalue weighted by atomic mass is 16.5. The first kappa shape index (κ1) is 17.8. The lowest BCUT2D eigenvalue weighted by molar-refractivity contribution is -0.0233. The number of rotatable bonds is 5. The highest BCUT2D eigenvalue weighted by Gasteiger charge is 2.27. The number of hydrogen-bond acceptors (Lipinski definition) is 3. The van der Waals surface area contributed by atoms with Gasteiger partial charge in [0.25, 0.3) is 0 Å². The molecule has 0 amide bonds. The van der Waals surface area contributed by atoms with Gasteiger partial charge in [-0.1, -0.05) is 38.1 Å². The van der Waals surface area contributed by atoms with Crippen LogP contribution in [0.2, 0.25) is 0 Å². The minimum Gasteiger partial charge on any atom is -0.379 e. The predicted octanol–water partition coefficient (Wildman–Crippen LogP) is 3.99. The molecule has 1 aromatic heterocycles. The third-order valence-corrected chi connectivity index (χ3v) is 5.75. The Morgan fingerprint density at radius 1 is 1.04 bits per heavy atom. The number of aromatic nitrogens is 1. The first-order chi connectivity index (χ1) is 12.6. The fourth-order valence-corrected chi connectivity index (χ4v) is 3.94. The number of hydrogen-bond donors (Lipinski definition) is 0. The minimum absolute atomic E-state index is 0.466. The van der Waals surface area contributed by atoms with Crippen molar-refractivity contribution in [1.82, 2.24) is 9.47 Å². The first-order valence-corrected chi connectivity index (χ1v) is 9.82. The molecule has 0 bridgehead atoms. The largest absolute Gasteiger partial charge is 0.379 e. The van der Waals surface area contributed by atoms with Crippen LogP contribution in [0.15, 0.2) is 30.3 Å². The fourth-order valence-electron chi connectivity index (χ4n) is 3.94. The van der Waals surface area contributed by atoms with Crippen LogP contribution in [0.1, 0.15) is 42.6 Å². The molecule has 3 heterocycles. The van der Waals surface area contributed by atoms with Crippen molar-refractivity contribution in [3.8, 4) is 11.3 Å². The van der Waals surface area contributed by atoms with Crippen LogP contribution in [-0.2, 0) is 16.0 Å². The van der Waals surface area contributed by atoms with Crippen LogP contribution < -0.4 is 0 Å². The maximum atomic E-state index is 5.50. The Kier molecular flexibility index (Phi) is 5.16. The van der Waals surface area contributed by atoms with E-state index >= 15 is 0 Å². The Morgan fingerprint density at radius 3 is 2.31 bits per heavy atom. The van der Waals surface area contributed by atoms with Gasteiger partial charge in [-0.05, 0) is 35.6 Å². The molecule has 0 unspecified atom stereocenters. The predicted molar refractivity (Wildman–Crippen MR) is 105 cm³/mol. The maximum absolute atomic E-state index is 5.50. The van der Waals surface area contributed by atoms with Crippen molar-refractivity contribution < 1.29 is 9.47 Å². The van der Waals surface area contributed by atoms with Crippen LogP contribution in [0, 0.1) is 6.92 Å². The molecule has 1 aromatic carbocycles. The first-order valence-electron chi connectivity index (χ1n) is 9.82. The van der Waals surface area contributed by atoms with Gasteiger partial charge >= 0.3 is 0 Å². The van der Waals surface area contributed by atoms with Crippen LogP contribution in [0.5, 0.6) is 0 Å². The summed E-state index contributed by atoms with van der Waals surface area (Å²) in [5.41, 5.74) is 6.84. The number of ether oxygens (including phenoxy) is 2. The SMILES string of the molecule is Cc1c(CN2CCOCC2)cc(-c2ccc(C(C)C)cc2)n1C1COC1. The summed E-state index contributed by atoms with van der Waals surface area (Å²) in [5, 5.41) is 0. The number of benzene rings is 1. The van der Waals surface area contributed by atoms with Crippen LogP contribution in [0.25, 0.3) is 11.3 Å². The van der Waals surface area contributed by atoms with Crippen molar-refractivity contribution >= 4 is 0 Å². The summed E-state index contributed by atoms with van der Waals surface area (Å²) in [5.74, 6) is 0.564. The van der Waals surface area contributed by atoms with Crippen LogP contribution >= 0.6 is 0 Å². The number of nitrogens with zero attached hydrogens (tertiary/aromatic N) is 2. The van der Waals surface area contributed by atoms with E-state index in [9.17, 15) is 0 Å². The zero-order chi connectivity index (χ0) is 18.1. The van der Waals surface area contributed by atoms with Crippen LogP contribution in [-0.4, -0.2) is 49.0 Å². The van der Waals surface area contributed by atoms with E-state index in [-0.39, 0.29) is 0 Å². The summed E-state index contributed by atoms with van der Waals surface area (Å²) < 4.78 is 13.5. The molecular weight excluding hydrogens is 324 g/mol. The maximum Gasteiger partial charge on any atom is 0.0806 e. The average Bonchev–Trinajstić information content (AvgIpc) is 2.91. The lowest BCUT2D eigenvalue weighted by Gasteiger charge is -2.31. The quantitative estimate of drug-likeness (QED) is 0.812. The highest BCUT2D eigenvalue weighted by molar-refractivity contribution is 5.63. The van der Waals surface area contributed by atoms with Gasteiger partial charge in [-0.3, -0.25) is 4.90 Å². The van der Waals surface area contributed by atoms with Gasteiger partial charge in [0.2, 0.25) is 0 Å². The van der Waals surface area contributed by atoms with Gasteiger partial charge < -0.3 is 14.0 Å². The molecule has 2 saturated heterocycles. The third-order valence-electron chi connectivity index (χ3n) is 5.75. The summed E-state index contributed by atoms with van der Waals surface area (Å²) in [4.78, 5) is 2.50. The molecule has 0 N–H and O–H groups in total. The summed E-state index contributed by atoms with van der Waals surface area (Å²) in [7, 11) is 0. The zero-order valence-electron chi connectivity index (χ0n) is 16.2. The molecule has 4 heteroatoms. The van der Waals surface area contributed by atoms with Gasteiger partial charge in [0.05, 0.1) is 32.5 Å². The Balaban J connectivity index is 1.66. The minimum atomic E-state index is 0.466. The smallest absolute Gasteiger partial charge is 0.0806 e. The molecule has 0 spiro atoms. The molecule has 0 atom stereocenters. The van der Waals surface area contributed by atoms with E-state index in [1.165, 1.54) is 28.1 Å². The molecule has 26 heavy (non-hydrogen) atoms. The van der Waals surface area contributed by atoms with Gasteiger partial charge in [0.1, 0.15) is 0 Å². The van der Waals surface area contributed by atoms with Crippen molar-refractivity contribution in [3.63, 3.8) is 0 Å². The molecule has 4 nitrogen and oxygen atoms in total. The van der Waals surface area contributed by atoms with E-state index in [0.29, 0.717) is 12.0 Å².